The van der Waals surface area contributed by atoms with Crippen molar-refractivity contribution in [2.45, 2.75) is 188 Å². The van der Waals surface area contributed by atoms with Gasteiger partial charge in [0.25, 0.3) is 17.6 Å². The summed E-state index contributed by atoms with van der Waals surface area (Å²) < 4.78 is 1.82. The van der Waals surface area contributed by atoms with Gasteiger partial charge in [0.1, 0.15) is 4.88 Å². The minimum absolute atomic E-state index is 0.228. The molecule has 6 nitrogen and oxygen atoms in total. The van der Waals surface area contributed by atoms with Gasteiger partial charge in [-0.2, -0.15) is 0 Å². The van der Waals surface area contributed by atoms with E-state index in [2.05, 4.69) is 27.7 Å². The van der Waals surface area contributed by atoms with Gasteiger partial charge in [-0.15, -0.1) is 22.7 Å². The number of Topliss-reactive ketones (excluding diaryl/α,β-unsaturated/α-hetero) is 1. The van der Waals surface area contributed by atoms with Crippen LogP contribution in [0.2, 0.25) is 0 Å². The van der Waals surface area contributed by atoms with Crippen LogP contribution in [0, 0.1) is 11.8 Å². The first-order valence-electron chi connectivity index (χ1n) is 20.8. The molecule has 2 aromatic heterocycles. The van der Waals surface area contributed by atoms with Crippen LogP contribution < -0.4 is 9.80 Å². The molecule has 0 bridgehead atoms. The third-order valence-corrected chi connectivity index (χ3v) is 13.7. The summed E-state index contributed by atoms with van der Waals surface area (Å²) in [4.78, 5) is 45.5. The zero-order valence-corrected chi connectivity index (χ0v) is 33.6. The molecule has 3 atom stereocenters. The summed E-state index contributed by atoms with van der Waals surface area (Å²) >= 11 is 2.81. The Morgan fingerprint density at radius 3 is 1.42 bits per heavy atom. The van der Waals surface area contributed by atoms with Gasteiger partial charge in [-0.1, -0.05) is 156 Å². The molecular formula is C42H68N2O4S2. The maximum atomic E-state index is 13.6. The lowest BCUT2D eigenvalue weighted by Crippen LogP contribution is -2.35. The molecule has 2 aliphatic rings. The van der Waals surface area contributed by atoms with Crippen LogP contribution in [0.4, 0.5) is 11.4 Å². The molecule has 282 valence electrons. The van der Waals surface area contributed by atoms with Crippen molar-refractivity contribution in [2.75, 3.05) is 22.9 Å². The molecule has 4 heterocycles. The Labute approximate surface area is 311 Å². The van der Waals surface area contributed by atoms with E-state index >= 15 is 0 Å². The van der Waals surface area contributed by atoms with Crippen molar-refractivity contribution in [2.24, 2.45) is 11.8 Å². The fraction of sp³-hybridized carbons (Fsp3) is 0.786. The van der Waals surface area contributed by atoms with Crippen LogP contribution in [0.15, 0.2) is 0 Å². The third-order valence-electron chi connectivity index (χ3n) is 11.2. The summed E-state index contributed by atoms with van der Waals surface area (Å²) in [6, 6.07) is 0. The summed E-state index contributed by atoms with van der Waals surface area (Å²) in [7, 11) is 0. The van der Waals surface area contributed by atoms with Gasteiger partial charge < -0.3 is 14.9 Å². The number of thiophene rings is 2. The highest BCUT2D eigenvalue weighted by Crippen LogP contribution is 2.56. The summed E-state index contributed by atoms with van der Waals surface area (Å²) in [5, 5.41) is 11.3. The molecule has 4 rings (SSSR count). The second kappa shape index (κ2) is 21.7. The van der Waals surface area contributed by atoms with Crippen molar-refractivity contribution in [3.05, 3.63) is 9.75 Å². The molecule has 0 saturated carbocycles. The van der Waals surface area contributed by atoms with Gasteiger partial charge in [-0.05, 0) is 37.5 Å². The minimum Gasteiger partial charge on any atom is -0.378 e. The molecule has 0 aromatic carbocycles. The highest BCUT2D eigenvalue weighted by Gasteiger charge is 2.46. The fourth-order valence-electron chi connectivity index (χ4n) is 8.13. The number of aliphatic hydroxyl groups is 1. The molecule has 8 heteroatoms. The average molecular weight is 729 g/mol. The molecule has 0 radical (unpaired) electrons. The van der Waals surface area contributed by atoms with E-state index in [9.17, 15) is 19.5 Å². The number of anilines is 2. The topological polar surface area (TPSA) is 77.9 Å². The Morgan fingerprint density at radius 1 is 0.540 bits per heavy atom. The van der Waals surface area contributed by atoms with Gasteiger partial charge in [0.15, 0.2) is 6.10 Å². The van der Waals surface area contributed by atoms with Crippen LogP contribution in [0.5, 0.6) is 0 Å². The van der Waals surface area contributed by atoms with E-state index in [0.717, 1.165) is 52.9 Å². The number of ketones is 1. The number of aliphatic hydroxyl groups excluding tert-OH is 1. The van der Waals surface area contributed by atoms with Crippen LogP contribution in [0.25, 0.3) is 9.40 Å². The van der Waals surface area contributed by atoms with Gasteiger partial charge in [0, 0.05) is 13.1 Å². The maximum absolute atomic E-state index is 13.6. The predicted molar refractivity (Wildman–Crippen MR) is 214 cm³/mol. The van der Waals surface area contributed by atoms with Gasteiger partial charge in [-0.3, -0.25) is 14.4 Å². The first-order chi connectivity index (χ1) is 24.4. The van der Waals surface area contributed by atoms with Gasteiger partial charge >= 0.3 is 0 Å². The molecule has 2 aromatic rings. The van der Waals surface area contributed by atoms with E-state index in [1.165, 1.54) is 145 Å². The third kappa shape index (κ3) is 10.7. The molecule has 0 spiro atoms. The van der Waals surface area contributed by atoms with Crippen LogP contribution in [-0.2, 0) is 9.59 Å². The quantitative estimate of drug-likeness (QED) is 0.0699. The monoisotopic (exact) mass is 728 g/mol. The van der Waals surface area contributed by atoms with E-state index in [-0.39, 0.29) is 5.91 Å². The molecule has 3 unspecified atom stereocenters. The first kappa shape index (κ1) is 41.0. The number of fused-ring (bicyclic) bond motifs is 5. The smallest absolute Gasteiger partial charge is 0.300 e. The van der Waals surface area contributed by atoms with Crippen molar-refractivity contribution in [3.8, 4) is 0 Å². The maximum Gasteiger partial charge on any atom is 0.300 e. The number of carbonyl (C=O) groups excluding carboxylic acids is 3. The molecule has 2 amide bonds. The number of hydrogen-bond acceptors (Lipinski definition) is 6. The lowest BCUT2D eigenvalue weighted by molar-refractivity contribution is -0.125. The normalized spacial score (nSPS) is 17.1. The highest BCUT2D eigenvalue weighted by atomic mass is 32.1. The van der Waals surface area contributed by atoms with Crippen molar-refractivity contribution >= 4 is 61.0 Å². The number of carbonyl (C=O) groups is 3. The molecule has 0 aliphatic carbocycles. The van der Waals surface area contributed by atoms with Crippen LogP contribution in [0.1, 0.15) is 202 Å². The second-order valence-electron chi connectivity index (χ2n) is 15.4. The van der Waals surface area contributed by atoms with Crippen molar-refractivity contribution in [1.29, 1.82) is 0 Å². The first-order valence-corrected chi connectivity index (χ1v) is 22.5. The Bertz CT molecular complexity index is 1350. The summed E-state index contributed by atoms with van der Waals surface area (Å²) in [5.41, 5.74) is 1.57. The lowest BCUT2D eigenvalue weighted by Gasteiger charge is -2.25. The Hall–Kier alpha value is -1.77. The zero-order chi connectivity index (χ0) is 35.9. The van der Waals surface area contributed by atoms with Gasteiger partial charge in [-0.25, -0.2) is 0 Å². The summed E-state index contributed by atoms with van der Waals surface area (Å²) in [5.74, 6) is -0.283. The standard InChI is InChI=1S/C42H68N2O4S2/c1-5-9-13-17-19-23-27-31(25-21-15-11-7-3)29-43-33-37(35(45)41(43)47)49-40-34-38(50-39(33)40)36(46)42(48)44(34)30-32(26-22-16-12-8-4)28-24-20-18-14-10-6-2/h31-32,35,45H,5-30H2,1-4H3. The second-order valence-corrected chi connectivity index (χ2v) is 17.5. The number of nitrogens with zero attached hydrogens (tertiary/aromatic N) is 2. The molecule has 2 aliphatic heterocycles. The van der Waals surface area contributed by atoms with Crippen LogP contribution >= 0.6 is 22.7 Å². The SMILES string of the molecule is CCCCCCCCC(CCCCCC)CN1C(=O)C(=O)c2sc3c4c(sc3c21)C(O)C(=O)N4CC(CCCCCC)CCCCCCCC. The van der Waals surface area contributed by atoms with E-state index in [1.54, 1.807) is 4.90 Å². The number of rotatable bonds is 28. The molecule has 50 heavy (non-hydrogen) atoms. The Kier molecular flexibility index (Phi) is 17.8. The van der Waals surface area contributed by atoms with E-state index in [1.807, 2.05) is 4.90 Å². The summed E-state index contributed by atoms with van der Waals surface area (Å²) in [6.45, 7) is 10.2. The number of unbranched alkanes of at least 4 members (excludes halogenated alkanes) is 16. The Morgan fingerprint density at radius 2 is 0.940 bits per heavy atom. The van der Waals surface area contributed by atoms with Crippen molar-refractivity contribution < 1.29 is 19.5 Å². The number of amides is 2. The number of hydrogen-bond donors (Lipinski definition) is 1. The van der Waals surface area contributed by atoms with E-state index in [0.29, 0.717) is 34.7 Å². The van der Waals surface area contributed by atoms with Crippen LogP contribution in [0.3, 0.4) is 0 Å². The van der Waals surface area contributed by atoms with E-state index in [4.69, 9.17) is 0 Å². The lowest BCUT2D eigenvalue weighted by atomic mass is 9.93. The average Bonchev–Trinajstić information content (AvgIpc) is 3.79. The van der Waals surface area contributed by atoms with E-state index < -0.39 is 17.8 Å². The van der Waals surface area contributed by atoms with Crippen molar-refractivity contribution in [3.63, 3.8) is 0 Å². The molecule has 1 N–H and O–H groups in total. The fourth-order valence-corrected chi connectivity index (χ4v) is 10.9. The van der Waals surface area contributed by atoms with Gasteiger partial charge in [0.05, 0.1) is 25.7 Å². The Balaban J connectivity index is 1.54. The predicted octanol–water partition coefficient (Wildman–Crippen LogP) is 12.5. The van der Waals surface area contributed by atoms with Crippen LogP contribution in [-0.4, -0.2) is 35.8 Å². The molecule has 0 saturated heterocycles. The summed E-state index contributed by atoms with van der Waals surface area (Å²) in [6.07, 6.45) is 27.8. The highest BCUT2D eigenvalue weighted by molar-refractivity contribution is 7.32. The van der Waals surface area contributed by atoms with Gasteiger partial charge in [0.2, 0.25) is 0 Å². The molecular weight excluding hydrogens is 661 g/mol. The largest absolute Gasteiger partial charge is 0.378 e. The van der Waals surface area contributed by atoms with Crippen molar-refractivity contribution in [1.82, 2.24) is 0 Å². The molecule has 0 fully saturated rings. The zero-order valence-electron chi connectivity index (χ0n) is 32.0. The minimum atomic E-state index is -1.17.